The molecule has 1 unspecified atom stereocenters. The van der Waals surface area contributed by atoms with Crippen molar-refractivity contribution in [2.24, 2.45) is 17.4 Å². The molecule has 30 heavy (non-hydrogen) atoms. The van der Waals surface area contributed by atoms with E-state index in [2.05, 4.69) is 10.2 Å². The molecule has 3 rings (SSSR count). The molecule has 5 N–H and O–H groups in total. The van der Waals surface area contributed by atoms with E-state index in [1.165, 1.54) is 0 Å². The molecule has 2 amide bonds. The summed E-state index contributed by atoms with van der Waals surface area (Å²) in [7, 11) is 0. The van der Waals surface area contributed by atoms with Gasteiger partial charge in [0.25, 0.3) is 0 Å². The van der Waals surface area contributed by atoms with Crippen LogP contribution in [0, 0.1) is 5.92 Å². The molecule has 6 nitrogen and oxygen atoms in total. The Bertz CT molecular complexity index is 812. The zero-order valence-electron chi connectivity index (χ0n) is 16.8. The van der Waals surface area contributed by atoms with Crippen LogP contribution >= 0.6 is 24.8 Å². The first-order valence-electron chi connectivity index (χ1n) is 9.72. The monoisotopic (exact) mass is 452 g/mol. The fraction of sp³-hybridized carbons (Fsp3) is 0.364. The molecule has 0 aromatic heterocycles. The number of piperidine rings is 1. The number of nitrogens with one attached hydrogen (secondary N) is 1. The first-order chi connectivity index (χ1) is 13.5. The molecule has 1 aliphatic rings. The SMILES string of the molecule is Cl.Cl.NC(=O)C1CCN(Cc2cccc(NC(=O)C(N)Cc3ccccc3)c2)CC1. The molecule has 0 radical (unpaired) electrons. The lowest BCUT2D eigenvalue weighted by atomic mass is 9.96. The number of nitrogens with two attached hydrogens (primary N) is 2. The van der Waals surface area contributed by atoms with Crippen molar-refractivity contribution >= 4 is 42.3 Å². The molecule has 0 aliphatic carbocycles. The summed E-state index contributed by atoms with van der Waals surface area (Å²) < 4.78 is 0. The minimum absolute atomic E-state index is 0. The van der Waals surface area contributed by atoms with Crippen LogP contribution in [0.15, 0.2) is 54.6 Å². The second-order valence-electron chi connectivity index (χ2n) is 7.44. The Labute approximate surface area is 190 Å². The third-order valence-electron chi connectivity index (χ3n) is 5.23. The molecule has 164 valence electrons. The van der Waals surface area contributed by atoms with Crippen molar-refractivity contribution in [1.82, 2.24) is 4.90 Å². The van der Waals surface area contributed by atoms with Crippen LogP contribution in [0.1, 0.15) is 24.0 Å². The number of carbonyl (C=O) groups excluding carboxylic acids is 2. The number of halogens is 2. The van der Waals surface area contributed by atoms with Crippen molar-refractivity contribution in [2.45, 2.75) is 31.8 Å². The molecule has 2 aromatic carbocycles. The molecule has 1 aliphatic heterocycles. The largest absolute Gasteiger partial charge is 0.369 e. The van der Waals surface area contributed by atoms with Gasteiger partial charge in [-0.3, -0.25) is 14.5 Å². The number of anilines is 1. The minimum atomic E-state index is -0.598. The van der Waals surface area contributed by atoms with Gasteiger partial charge in [-0.2, -0.15) is 0 Å². The van der Waals surface area contributed by atoms with Crippen LogP contribution in [0.4, 0.5) is 5.69 Å². The third-order valence-corrected chi connectivity index (χ3v) is 5.23. The number of amides is 2. The van der Waals surface area contributed by atoms with Gasteiger partial charge in [-0.25, -0.2) is 0 Å². The maximum absolute atomic E-state index is 12.4. The van der Waals surface area contributed by atoms with Gasteiger partial charge in [-0.05, 0) is 55.6 Å². The van der Waals surface area contributed by atoms with Gasteiger partial charge in [0.15, 0.2) is 0 Å². The summed E-state index contributed by atoms with van der Waals surface area (Å²) in [6, 6.07) is 17.0. The Balaban J connectivity index is 0.00000225. The Kier molecular flexibility index (Phi) is 10.8. The van der Waals surface area contributed by atoms with Crippen molar-refractivity contribution in [1.29, 1.82) is 0 Å². The number of rotatable bonds is 7. The summed E-state index contributed by atoms with van der Waals surface area (Å²) in [4.78, 5) is 26.0. The van der Waals surface area contributed by atoms with Crippen molar-refractivity contribution in [3.05, 3.63) is 65.7 Å². The lowest BCUT2D eigenvalue weighted by Crippen LogP contribution is -2.38. The average molecular weight is 453 g/mol. The molecule has 2 aromatic rings. The molecule has 1 heterocycles. The number of likely N-dealkylation sites (tertiary alicyclic amines) is 1. The summed E-state index contributed by atoms with van der Waals surface area (Å²) in [6.45, 7) is 2.49. The number of hydrogen-bond donors (Lipinski definition) is 3. The number of primary amides is 1. The van der Waals surface area contributed by atoms with Gasteiger partial charge in [-0.1, -0.05) is 42.5 Å². The van der Waals surface area contributed by atoms with Gasteiger partial charge in [0.2, 0.25) is 11.8 Å². The predicted molar refractivity (Wildman–Crippen MR) is 125 cm³/mol. The first-order valence-corrected chi connectivity index (χ1v) is 9.72. The lowest BCUT2D eigenvalue weighted by molar-refractivity contribution is -0.123. The Morgan fingerprint density at radius 2 is 1.63 bits per heavy atom. The molecule has 0 saturated carbocycles. The first kappa shape index (κ1) is 25.9. The quantitative estimate of drug-likeness (QED) is 0.600. The van der Waals surface area contributed by atoms with E-state index in [-0.39, 0.29) is 42.5 Å². The normalized spacial score (nSPS) is 15.4. The number of benzene rings is 2. The van der Waals surface area contributed by atoms with Crippen molar-refractivity contribution in [3.63, 3.8) is 0 Å². The van der Waals surface area contributed by atoms with E-state index in [4.69, 9.17) is 11.5 Å². The van der Waals surface area contributed by atoms with E-state index >= 15 is 0 Å². The third kappa shape index (κ3) is 7.61. The number of nitrogens with zero attached hydrogens (tertiary/aromatic N) is 1. The van der Waals surface area contributed by atoms with Crippen LogP contribution < -0.4 is 16.8 Å². The van der Waals surface area contributed by atoms with Gasteiger partial charge in [0.05, 0.1) is 6.04 Å². The van der Waals surface area contributed by atoms with Crippen molar-refractivity contribution in [3.8, 4) is 0 Å². The summed E-state index contributed by atoms with van der Waals surface area (Å²) in [5.41, 5.74) is 14.4. The highest BCUT2D eigenvalue weighted by Crippen LogP contribution is 2.20. The average Bonchev–Trinajstić information content (AvgIpc) is 2.69. The number of carbonyl (C=O) groups is 2. The van der Waals surface area contributed by atoms with Gasteiger partial charge in [-0.15, -0.1) is 24.8 Å². The maximum Gasteiger partial charge on any atom is 0.241 e. The molecular weight excluding hydrogens is 423 g/mol. The van der Waals surface area contributed by atoms with Gasteiger partial charge in [0.1, 0.15) is 0 Å². The van der Waals surface area contributed by atoms with Crippen LogP contribution in [0.3, 0.4) is 0 Å². The van der Waals surface area contributed by atoms with E-state index in [1.54, 1.807) is 0 Å². The second kappa shape index (κ2) is 12.5. The zero-order chi connectivity index (χ0) is 19.9. The molecule has 1 fully saturated rings. The van der Waals surface area contributed by atoms with Gasteiger partial charge < -0.3 is 16.8 Å². The predicted octanol–water partition coefficient (Wildman–Crippen LogP) is 2.74. The zero-order valence-corrected chi connectivity index (χ0v) is 18.5. The highest BCUT2D eigenvalue weighted by molar-refractivity contribution is 5.94. The van der Waals surface area contributed by atoms with Crippen LogP contribution in [0.2, 0.25) is 0 Å². The maximum atomic E-state index is 12.4. The molecule has 0 spiro atoms. The highest BCUT2D eigenvalue weighted by atomic mass is 35.5. The van der Waals surface area contributed by atoms with E-state index in [0.717, 1.165) is 49.3 Å². The van der Waals surface area contributed by atoms with Crippen molar-refractivity contribution < 1.29 is 9.59 Å². The van der Waals surface area contributed by atoms with E-state index in [9.17, 15) is 9.59 Å². The molecule has 0 bridgehead atoms. The molecule has 1 atom stereocenters. The minimum Gasteiger partial charge on any atom is -0.369 e. The van der Waals surface area contributed by atoms with Gasteiger partial charge in [0, 0.05) is 18.2 Å². The molecular formula is C22H30Cl2N4O2. The van der Waals surface area contributed by atoms with Crippen LogP contribution in [0.5, 0.6) is 0 Å². The van der Waals surface area contributed by atoms with E-state index in [0.29, 0.717) is 6.42 Å². The summed E-state index contributed by atoms with van der Waals surface area (Å²) in [5, 5.41) is 2.92. The summed E-state index contributed by atoms with van der Waals surface area (Å²) >= 11 is 0. The fourth-order valence-corrected chi connectivity index (χ4v) is 3.58. The van der Waals surface area contributed by atoms with E-state index in [1.807, 2.05) is 54.6 Å². The smallest absolute Gasteiger partial charge is 0.241 e. The standard InChI is InChI=1S/C22H28N4O2.2ClH/c23-20(14-16-5-2-1-3-6-16)22(28)25-19-8-4-7-17(13-19)15-26-11-9-18(10-12-26)21(24)27;;/h1-8,13,18,20H,9-12,14-15,23H2,(H2,24,27)(H,25,28);2*1H. The second-order valence-corrected chi connectivity index (χ2v) is 7.44. The lowest BCUT2D eigenvalue weighted by Gasteiger charge is -2.30. The molecule has 1 saturated heterocycles. The Morgan fingerprint density at radius 1 is 1.00 bits per heavy atom. The van der Waals surface area contributed by atoms with Crippen LogP contribution in [-0.2, 0) is 22.6 Å². The van der Waals surface area contributed by atoms with Crippen LogP contribution in [-0.4, -0.2) is 35.8 Å². The Morgan fingerprint density at radius 3 is 2.27 bits per heavy atom. The van der Waals surface area contributed by atoms with Crippen LogP contribution in [0.25, 0.3) is 0 Å². The van der Waals surface area contributed by atoms with E-state index < -0.39 is 6.04 Å². The number of hydrogen-bond acceptors (Lipinski definition) is 4. The summed E-state index contributed by atoms with van der Waals surface area (Å²) in [5.74, 6) is -0.396. The highest BCUT2D eigenvalue weighted by Gasteiger charge is 2.23. The fourth-order valence-electron chi connectivity index (χ4n) is 3.58. The molecule has 8 heteroatoms. The topological polar surface area (TPSA) is 101 Å². The van der Waals surface area contributed by atoms with Gasteiger partial charge >= 0.3 is 0 Å². The van der Waals surface area contributed by atoms with Crippen molar-refractivity contribution in [2.75, 3.05) is 18.4 Å². The summed E-state index contributed by atoms with van der Waals surface area (Å²) in [6.07, 6.45) is 2.11. The Hall–Kier alpha value is -2.12.